The molecule has 8 nitrogen and oxygen atoms in total. The zero-order valence-corrected chi connectivity index (χ0v) is 17.7. The molecule has 2 N–H and O–H groups in total. The number of carbonyl (C=O) groups is 2. The Hall–Kier alpha value is -2.11. The zero-order chi connectivity index (χ0) is 23.1. The molecule has 1 amide bonds. The van der Waals surface area contributed by atoms with Crippen LogP contribution in [0.4, 0.5) is 13.2 Å². The average molecular weight is 462 g/mol. The summed E-state index contributed by atoms with van der Waals surface area (Å²) < 4.78 is 48.4. The number of halogens is 3. The van der Waals surface area contributed by atoms with E-state index in [2.05, 4.69) is 10.2 Å². The molecule has 3 atom stereocenters. The molecule has 0 bridgehead atoms. The summed E-state index contributed by atoms with van der Waals surface area (Å²) in [7, 11) is 0. The van der Waals surface area contributed by atoms with Gasteiger partial charge in [-0.25, -0.2) is 4.79 Å². The second kappa shape index (κ2) is 11.2. The van der Waals surface area contributed by atoms with Crippen molar-refractivity contribution in [2.45, 2.75) is 50.6 Å². The highest BCUT2D eigenvalue weighted by atomic mass is 19.4. The number of nitrogens with one attached hydrogen (secondary N) is 1. The number of hydrogen-bond acceptors (Lipinski definition) is 6. The molecule has 3 saturated heterocycles. The maximum absolute atomic E-state index is 12.5. The van der Waals surface area contributed by atoms with E-state index in [1.165, 1.54) is 5.56 Å². The first-order valence-electron chi connectivity index (χ1n) is 10.8. The number of aliphatic carboxylic acids is 1. The highest BCUT2D eigenvalue weighted by Gasteiger charge is 2.42. The van der Waals surface area contributed by atoms with Crippen molar-refractivity contribution in [3.63, 3.8) is 0 Å². The highest BCUT2D eigenvalue weighted by Crippen LogP contribution is 2.34. The third kappa shape index (κ3) is 7.21. The lowest BCUT2D eigenvalue weighted by Gasteiger charge is -2.33. The van der Waals surface area contributed by atoms with E-state index in [0.717, 1.165) is 65.1 Å². The molecule has 180 valence electrons. The Balaban J connectivity index is 0.000000360. The molecule has 0 radical (unpaired) electrons. The van der Waals surface area contributed by atoms with Crippen molar-refractivity contribution in [1.82, 2.24) is 10.2 Å². The number of carbonyl (C=O) groups excluding carboxylic acids is 1. The Morgan fingerprint density at radius 3 is 2.56 bits per heavy atom. The van der Waals surface area contributed by atoms with Gasteiger partial charge in [0.2, 0.25) is 5.91 Å². The SMILES string of the molecule is O=C(NCC1CCOCC1)[C@H]1C[C@@H]2CCN(Cc3ccoc3)C[C@@H]2O1.O=C(O)C(F)(F)F. The molecule has 1 aromatic heterocycles. The van der Waals surface area contributed by atoms with E-state index in [1.54, 1.807) is 12.5 Å². The van der Waals surface area contributed by atoms with Crippen molar-refractivity contribution in [1.29, 1.82) is 0 Å². The van der Waals surface area contributed by atoms with E-state index < -0.39 is 12.1 Å². The lowest BCUT2D eigenvalue weighted by atomic mass is 9.91. The van der Waals surface area contributed by atoms with Gasteiger partial charge in [0.05, 0.1) is 18.6 Å². The second-order valence-corrected chi connectivity index (χ2v) is 8.42. The van der Waals surface area contributed by atoms with Crippen LogP contribution >= 0.6 is 0 Å². The van der Waals surface area contributed by atoms with E-state index in [1.807, 2.05) is 6.07 Å². The largest absolute Gasteiger partial charge is 0.490 e. The average Bonchev–Trinajstić information content (AvgIpc) is 3.42. The van der Waals surface area contributed by atoms with Crippen LogP contribution in [0.2, 0.25) is 0 Å². The maximum atomic E-state index is 12.5. The standard InChI is InChI=1S/C19H28N2O4.C2HF3O2/c22-19(20-10-14-2-6-23-7-3-14)17-9-16-1-5-21(12-18(16)25-17)11-15-4-8-24-13-15;3-2(4,5)1(6)7/h4,8,13-14,16-18H,1-3,5-7,9-12H2,(H,20,22);(H,6,7)/t16-,17+,18-;/m0./s1. The summed E-state index contributed by atoms with van der Waals surface area (Å²) in [4.78, 5) is 23.8. The summed E-state index contributed by atoms with van der Waals surface area (Å²) in [5, 5.41) is 10.2. The Bertz CT molecular complexity index is 736. The van der Waals surface area contributed by atoms with Gasteiger partial charge in [-0.05, 0) is 50.1 Å². The predicted molar refractivity (Wildman–Crippen MR) is 106 cm³/mol. The number of nitrogens with zero attached hydrogens (tertiary/aromatic N) is 1. The number of piperidine rings is 1. The number of furan rings is 1. The van der Waals surface area contributed by atoms with Gasteiger partial charge in [-0.15, -0.1) is 0 Å². The lowest BCUT2D eigenvalue weighted by molar-refractivity contribution is -0.192. The monoisotopic (exact) mass is 462 g/mol. The molecular weight excluding hydrogens is 433 g/mol. The van der Waals surface area contributed by atoms with E-state index >= 15 is 0 Å². The molecule has 0 unspecified atom stereocenters. The van der Waals surface area contributed by atoms with Gasteiger partial charge < -0.3 is 24.3 Å². The van der Waals surface area contributed by atoms with Crippen LogP contribution in [-0.4, -0.2) is 73.1 Å². The number of amides is 1. The number of rotatable bonds is 5. The summed E-state index contributed by atoms with van der Waals surface area (Å²) in [5.41, 5.74) is 1.20. The molecule has 11 heteroatoms. The number of ether oxygens (including phenoxy) is 2. The van der Waals surface area contributed by atoms with Crippen molar-refractivity contribution in [2.75, 3.05) is 32.8 Å². The third-order valence-corrected chi connectivity index (χ3v) is 6.06. The molecule has 0 spiro atoms. The molecule has 3 fully saturated rings. The number of fused-ring (bicyclic) bond motifs is 1. The zero-order valence-electron chi connectivity index (χ0n) is 17.7. The molecule has 0 saturated carbocycles. The quantitative estimate of drug-likeness (QED) is 0.693. The van der Waals surface area contributed by atoms with Crippen LogP contribution < -0.4 is 5.32 Å². The predicted octanol–water partition coefficient (Wildman–Crippen LogP) is 2.44. The highest BCUT2D eigenvalue weighted by molar-refractivity contribution is 5.81. The third-order valence-electron chi connectivity index (χ3n) is 6.06. The van der Waals surface area contributed by atoms with Crippen LogP contribution in [0.1, 0.15) is 31.2 Å². The van der Waals surface area contributed by atoms with E-state index in [4.69, 9.17) is 23.8 Å². The number of likely N-dealkylation sites (tertiary alicyclic amines) is 1. The second-order valence-electron chi connectivity index (χ2n) is 8.42. The van der Waals surface area contributed by atoms with Crippen molar-refractivity contribution in [2.24, 2.45) is 11.8 Å². The fourth-order valence-corrected chi connectivity index (χ4v) is 4.26. The van der Waals surface area contributed by atoms with Gasteiger partial charge in [0.15, 0.2) is 0 Å². The summed E-state index contributed by atoms with van der Waals surface area (Å²) >= 11 is 0. The molecular formula is C21H29F3N2O6. The summed E-state index contributed by atoms with van der Waals surface area (Å²) in [6, 6.07) is 2.01. The Kier molecular flexibility index (Phi) is 8.55. The molecule has 0 aromatic carbocycles. The summed E-state index contributed by atoms with van der Waals surface area (Å²) in [6.45, 7) is 5.24. The normalized spacial score (nSPS) is 26.7. The lowest BCUT2D eigenvalue weighted by Crippen LogP contribution is -2.42. The van der Waals surface area contributed by atoms with Crippen LogP contribution in [0.3, 0.4) is 0 Å². The molecule has 4 heterocycles. The topological polar surface area (TPSA) is 101 Å². The molecule has 32 heavy (non-hydrogen) atoms. The first kappa shape index (κ1) is 24.5. The van der Waals surface area contributed by atoms with Crippen molar-refractivity contribution >= 4 is 11.9 Å². The molecule has 0 aliphatic carbocycles. The van der Waals surface area contributed by atoms with Crippen molar-refractivity contribution < 1.29 is 41.8 Å². The van der Waals surface area contributed by atoms with Gasteiger partial charge in [-0.3, -0.25) is 9.69 Å². The van der Waals surface area contributed by atoms with E-state index in [0.29, 0.717) is 11.8 Å². The van der Waals surface area contributed by atoms with Crippen LogP contribution in [-0.2, 0) is 25.6 Å². The Morgan fingerprint density at radius 2 is 1.94 bits per heavy atom. The minimum absolute atomic E-state index is 0.0716. The maximum Gasteiger partial charge on any atom is 0.490 e. The molecule has 3 aliphatic rings. The van der Waals surface area contributed by atoms with Gasteiger partial charge >= 0.3 is 12.1 Å². The molecule has 3 aliphatic heterocycles. The van der Waals surface area contributed by atoms with Crippen LogP contribution in [0.5, 0.6) is 0 Å². The van der Waals surface area contributed by atoms with E-state index in [-0.39, 0.29) is 18.1 Å². The number of alkyl halides is 3. The first-order chi connectivity index (χ1) is 15.2. The smallest absolute Gasteiger partial charge is 0.475 e. The Labute approximate surface area is 184 Å². The molecule has 4 rings (SSSR count). The van der Waals surface area contributed by atoms with Gasteiger partial charge in [-0.2, -0.15) is 13.2 Å². The first-order valence-corrected chi connectivity index (χ1v) is 10.8. The fourth-order valence-electron chi connectivity index (χ4n) is 4.26. The van der Waals surface area contributed by atoms with Gasteiger partial charge in [0, 0.05) is 38.4 Å². The summed E-state index contributed by atoms with van der Waals surface area (Å²) in [5.74, 6) is -1.62. The number of carboxylic acid groups (broad SMARTS) is 1. The van der Waals surface area contributed by atoms with Crippen LogP contribution in [0.25, 0.3) is 0 Å². The molecule has 1 aromatic rings. The van der Waals surface area contributed by atoms with Gasteiger partial charge in [0.1, 0.15) is 6.10 Å². The van der Waals surface area contributed by atoms with Gasteiger partial charge in [0.25, 0.3) is 0 Å². The van der Waals surface area contributed by atoms with Crippen molar-refractivity contribution in [3.8, 4) is 0 Å². The van der Waals surface area contributed by atoms with Crippen LogP contribution in [0.15, 0.2) is 23.0 Å². The van der Waals surface area contributed by atoms with Gasteiger partial charge in [-0.1, -0.05) is 0 Å². The van der Waals surface area contributed by atoms with Crippen molar-refractivity contribution in [3.05, 3.63) is 24.2 Å². The number of carboxylic acids is 1. The minimum Gasteiger partial charge on any atom is -0.475 e. The fraction of sp³-hybridized carbons (Fsp3) is 0.714. The minimum atomic E-state index is -5.08. The van der Waals surface area contributed by atoms with E-state index in [9.17, 15) is 18.0 Å². The summed E-state index contributed by atoms with van der Waals surface area (Å²) in [6.07, 6.45) is 2.39. The van der Waals surface area contributed by atoms with Crippen LogP contribution in [0, 0.1) is 11.8 Å². The Morgan fingerprint density at radius 1 is 1.22 bits per heavy atom. The number of hydrogen-bond donors (Lipinski definition) is 2.